The third kappa shape index (κ3) is 4.54. The van der Waals surface area contributed by atoms with Gasteiger partial charge in [0, 0.05) is 0 Å². The van der Waals surface area contributed by atoms with E-state index >= 15 is 0 Å². The monoisotopic (exact) mass is 241 g/mol. The first-order valence-electron chi connectivity index (χ1n) is 6.89. The molecule has 0 radical (unpaired) electrons. The van der Waals surface area contributed by atoms with Gasteiger partial charge in [0.05, 0.1) is 6.61 Å². The Bertz CT molecular complexity index is 245. The van der Waals surface area contributed by atoms with Gasteiger partial charge in [0.2, 0.25) is 0 Å². The molecular formula is C13H23NO3. The van der Waals surface area contributed by atoms with Gasteiger partial charge in [-0.25, -0.2) is 4.79 Å². The number of carbonyl (C=O) groups is 1. The Morgan fingerprint density at radius 2 is 1.94 bits per heavy atom. The summed E-state index contributed by atoms with van der Waals surface area (Å²) in [6, 6.07) is 0. The van der Waals surface area contributed by atoms with Crippen LogP contribution in [-0.4, -0.2) is 32.0 Å². The first kappa shape index (κ1) is 12.7. The Kier molecular flexibility index (Phi) is 5.10. The van der Waals surface area contributed by atoms with E-state index < -0.39 is 6.16 Å². The third-order valence-electron chi connectivity index (χ3n) is 3.69. The van der Waals surface area contributed by atoms with Crippen LogP contribution in [0.15, 0.2) is 0 Å². The highest BCUT2D eigenvalue weighted by Crippen LogP contribution is 2.31. The molecule has 2 fully saturated rings. The van der Waals surface area contributed by atoms with Crippen LogP contribution in [0, 0.1) is 5.92 Å². The molecule has 0 aromatic rings. The van der Waals surface area contributed by atoms with Crippen molar-refractivity contribution in [3.05, 3.63) is 0 Å². The molecule has 2 atom stereocenters. The van der Waals surface area contributed by atoms with Crippen LogP contribution in [-0.2, 0) is 9.47 Å². The van der Waals surface area contributed by atoms with E-state index in [1.807, 2.05) is 0 Å². The maximum atomic E-state index is 11.4. The van der Waals surface area contributed by atoms with E-state index in [1.165, 1.54) is 19.3 Å². The Morgan fingerprint density at radius 3 is 2.88 bits per heavy atom. The van der Waals surface area contributed by atoms with E-state index in [9.17, 15) is 4.79 Å². The van der Waals surface area contributed by atoms with E-state index in [4.69, 9.17) is 9.47 Å². The maximum Gasteiger partial charge on any atom is 0.508 e. The molecule has 1 aliphatic carbocycles. The van der Waals surface area contributed by atoms with E-state index in [0.29, 0.717) is 6.61 Å². The summed E-state index contributed by atoms with van der Waals surface area (Å²) in [5.74, 6) is 0.734. The number of carbonyl (C=O) groups excluding carboxylic acids is 1. The first-order chi connectivity index (χ1) is 8.34. The second-order valence-electron chi connectivity index (χ2n) is 5.12. The predicted molar refractivity (Wildman–Crippen MR) is 64.9 cm³/mol. The van der Waals surface area contributed by atoms with Gasteiger partial charge in [-0.2, -0.15) is 0 Å². The molecule has 17 heavy (non-hydrogen) atoms. The zero-order valence-corrected chi connectivity index (χ0v) is 10.5. The summed E-state index contributed by atoms with van der Waals surface area (Å²) in [7, 11) is 0. The molecule has 98 valence electrons. The summed E-state index contributed by atoms with van der Waals surface area (Å²) in [5, 5.41) is 3.44. The predicted octanol–water partition coefficient (Wildman–Crippen LogP) is 2.47. The molecule has 1 aliphatic heterocycles. The maximum absolute atomic E-state index is 11.4. The van der Waals surface area contributed by atoms with Gasteiger partial charge in [0.15, 0.2) is 0 Å². The number of rotatable bonds is 0. The van der Waals surface area contributed by atoms with Gasteiger partial charge >= 0.3 is 6.16 Å². The molecule has 2 bridgehead atoms. The second-order valence-corrected chi connectivity index (χ2v) is 5.12. The largest absolute Gasteiger partial charge is 0.508 e. The topological polar surface area (TPSA) is 47.6 Å². The number of fused-ring (bicyclic) bond motifs is 2. The normalized spacial score (nSPS) is 32.4. The second kappa shape index (κ2) is 6.84. The molecule has 4 heteroatoms. The van der Waals surface area contributed by atoms with Crippen molar-refractivity contribution in [2.45, 2.75) is 51.0 Å². The van der Waals surface area contributed by atoms with Crippen LogP contribution in [0.25, 0.3) is 0 Å². The average Bonchev–Trinajstić information content (AvgIpc) is 2.73. The fraction of sp³-hybridized carbons (Fsp3) is 0.923. The minimum Gasteiger partial charge on any atom is -0.434 e. The highest BCUT2D eigenvalue weighted by Gasteiger charge is 2.27. The quantitative estimate of drug-likeness (QED) is 0.662. The van der Waals surface area contributed by atoms with E-state index in [-0.39, 0.29) is 6.10 Å². The molecule has 1 heterocycles. The molecule has 0 spiro atoms. The van der Waals surface area contributed by atoms with Gasteiger partial charge in [0.1, 0.15) is 6.10 Å². The minimum atomic E-state index is -0.472. The van der Waals surface area contributed by atoms with E-state index in [1.54, 1.807) is 0 Å². The van der Waals surface area contributed by atoms with Crippen LogP contribution < -0.4 is 5.32 Å². The third-order valence-corrected chi connectivity index (χ3v) is 3.69. The molecule has 1 saturated carbocycles. The zero-order chi connectivity index (χ0) is 11.9. The van der Waals surface area contributed by atoms with Gasteiger partial charge in [-0.3, -0.25) is 0 Å². The summed E-state index contributed by atoms with van der Waals surface area (Å²) in [6.45, 7) is 2.62. The zero-order valence-electron chi connectivity index (χ0n) is 10.5. The fourth-order valence-corrected chi connectivity index (χ4v) is 2.72. The summed E-state index contributed by atoms with van der Waals surface area (Å²) < 4.78 is 10.4. The van der Waals surface area contributed by atoms with Crippen LogP contribution in [0.4, 0.5) is 4.79 Å². The van der Waals surface area contributed by atoms with Gasteiger partial charge in [0.25, 0.3) is 0 Å². The minimum absolute atomic E-state index is 0.100. The van der Waals surface area contributed by atoms with Crippen LogP contribution in [0.3, 0.4) is 0 Å². The lowest BCUT2D eigenvalue weighted by atomic mass is 10.0. The fourth-order valence-electron chi connectivity index (χ4n) is 2.72. The van der Waals surface area contributed by atoms with Crippen molar-refractivity contribution >= 4 is 6.16 Å². The smallest absolute Gasteiger partial charge is 0.434 e. The average molecular weight is 241 g/mol. The molecule has 1 saturated heterocycles. The van der Waals surface area contributed by atoms with Gasteiger partial charge in [-0.15, -0.1) is 0 Å². The van der Waals surface area contributed by atoms with Crippen molar-refractivity contribution in [2.75, 3.05) is 19.7 Å². The van der Waals surface area contributed by atoms with Crippen molar-refractivity contribution in [3.8, 4) is 0 Å². The molecule has 2 unspecified atom stereocenters. The molecule has 2 aliphatic rings. The Hall–Kier alpha value is -0.770. The van der Waals surface area contributed by atoms with Crippen molar-refractivity contribution in [3.63, 3.8) is 0 Å². The molecule has 1 N–H and O–H groups in total. The number of cyclic esters (lactones) is 1. The van der Waals surface area contributed by atoms with Crippen molar-refractivity contribution in [1.29, 1.82) is 0 Å². The van der Waals surface area contributed by atoms with Crippen molar-refractivity contribution < 1.29 is 14.3 Å². The molecule has 0 aromatic heterocycles. The number of nitrogens with one attached hydrogen (secondary N) is 1. The lowest BCUT2D eigenvalue weighted by Crippen LogP contribution is -2.20. The van der Waals surface area contributed by atoms with Gasteiger partial charge in [-0.1, -0.05) is 0 Å². The van der Waals surface area contributed by atoms with Crippen molar-refractivity contribution in [1.82, 2.24) is 5.32 Å². The molecule has 2 rings (SSSR count). The summed E-state index contributed by atoms with van der Waals surface area (Å²) >= 11 is 0. The highest BCUT2D eigenvalue weighted by atomic mass is 16.7. The Balaban J connectivity index is 1.78. The summed E-state index contributed by atoms with van der Waals surface area (Å²) in [4.78, 5) is 11.4. The van der Waals surface area contributed by atoms with Crippen LogP contribution in [0.2, 0.25) is 0 Å². The van der Waals surface area contributed by atoms with Crippen molar-refractivity contribution in [2.24, 2.45) is 5.92 Å². The Labute approximate surface area is 103 Å². The molecular weight excluding hydrogens is 218 g/mol. The number of hydrogen-bond donors (Lipinski definition) is 1. The van der Waals surface area contributed by atoms with Crippen LogP contribution in [0.1, 0.15) is 44.9 Å². The van der Waals surface area contributed by atoms with E-state index in [0.717, 1.165) is 44.7 Å². The molecule has 4 nitrogen and oxygen atoms in total. The van der Waals surface area contributed by atoms with Gasteiger partial charge < -0.3 is 14.8 Å². The number of ether oxygens (including phenoxy) is 2. The lowest BCUT2D eigenvalue weighted by Gasteiger charge is -2.14. The SMILES string of the molecule is O=C1OCCCCNCCCC2CCC(C2)O1. The molecule has 0 amide bonds. The van der Waals surface area contributed by atoms with Gasteiger partial charge in [-0.05, 0) is 64.0 Å². The lowest BCUT2D eigenvalue weighted by molar-refractivity contribution is 0.0235. The summed E-state index contributed by atoms with van der Waals surface area (Å²) in [5.41, 5.74) is 0. The standard InChI is InChI=1S/C13H23NO3/c15-13-16-9-2-1-7-14-8-3-4-11-5-6-12(10-11)17-13/h11-12,14H,1-10H2. The number of hydrogen-bond acceptors (Lipinski definition) is 4. The Morgan fingerprint density at radius 1 is 1.06 bits per heavy atom. The van der Waals surface area contributed by atoms with Crippen LogP contribution >= 0.6 is 0 Å². The highest BCUT2D eigenvalue weighted by molar-refractivity contribution is 5.60. The summed E-state index contributed by atoms with van der Waals surface area (Å²) in [6.07, 6.45) is 7.31. The molecule has 0 aromatic carbocycles. The van der Waals surface area contributed by atoms with E-state index in [2.05, 4.69) is 5.32 Å². The first-order valence-corrected chi connectivity index (χ1v) is 6.89. The van der Waals surface area contributed by atoms with Crippen LogP contribution in [0.5, 0.6) is 0 Å².